The van der Waals surface area contributed by atoms with Crippen molar-refractivity contribution < 1.29 is 19.4 Å². The Morgan fingerprint density at radius 3 is 2.50 bits per heavy atom. The average Bonchev–Trinajstić information content (AvgIpc) is 3.32. The van der Waals surface area contributed by atoms with Gasteiger partial charge in [-0.2, -0.15) is 0 Å². The fraction of sp³-hybridized carbons (Fsp3) is 0.529. The summed E-state index contributed by atoms with van der Waals surface area (Å²) < 4.78 is 5.12. The number of hydrogen-bond acceptors (Lipinski definition) is 3. The minimum Gasteiger partial charge on any atom is -0.497 e. The molecule has 120 valence electrons. The summed E-state index contributed by atoms with van der Waals surface area (Å²) in [7, 11) is 1.61. The zero-order valence-corrected chi connectivity index (χ0v) is 13.2. The predicted molar refractivity (Wildman–Crippen MR) is 82.9 cm³/mol. The van der Waals surface area contributed by atoms with Crippen LogP contribution in [-0.4, -0.2) is 30.1 Å². The number of aliphatic carboxylic acids is 1. The van der Waals surface area contributed by atoms with Crippen molar-refractivity contribution in [3.63, 3.8) is 0 Å². The normalized spacial score (nSPS) is 22.5. The summed E-state index contributed by atoms with van der Waals surface area (Å²) >= 11 is 0. The SMILES string of the molecule is CCC(C)C(NC(=O)C1CC1c1ccc(OC)cc1)C(=O)O. The Morgan fingerprint density at radius 2 is 2.00 bits per heavy atom. The van der Waals surface area contributed by atoms with Crippen molar-refractivity contribution in [3.05, 3.63) is 29.8 Å². The molecule has 4 atom stereocenters. The maximum absolute atomic E-state index is 12.2. The van der Waals surface area contributed by atoms with Crippen LogP contribution in [0.1, 0.15) is 38.2 Å². The summed E-state index contributed by atoms with van der Waals surface area (Å²) in [5.41, 5.74) is 1.09. The van der Waals surface area contributed by atoms with Gasteiger partial charge in [0.05, 0.1) is 7.11 Å². The molecule has 1 saturated carbocycles. The molecular formula is C17H23NO4. The van der Waals surface area contributed by atoms with E-state index in [2.05, 4.69) is 5.32 Å². The van der Waals surface area contributed by atoms with E-state index in [1.165, 1.54) is 0 Å². The van der Waals surface area contributed by atoms with E-state index < -0.39 is 12.0 Å². The van der Waals surface area contributed by atoms with Gasteiger partial charge in [-0.05, 0) is 36.0 Å². The molecule has 0 heterocycles. The summed E-state index contributed by atoms with van der Waals surface area (Å²) in [5.74, 6) is -0.373. The van der Waals surface area contributed by atoms with Crippen LogP contribution in [-0.2, 0) is 9.59 Å². The van der Waals surface area contributed by atoms with E-state index in [0.29, 0.717) is 6.42 Å². The van der Waals surface area contributed by atoms with Crippen LogP contribution in [0, 0.1) is 11.8 Å². The summed E-state index contributed by atoms with van der Waals surface area (Å²) in [6.45, 7) is 3.76. The van der Waals surface area contributed by atoms with Gasteiger partial charge in [-0.1, -0.05) is 32.4 Å². The van der Waals surface area contributed by atoms with E-state index >= 15 is 0 Å². The van der Waals surface area contributed by atoms with Crippen LogP contribution in [0.3, 0.4) is 0 Å². The number of methoxy groups -OCH3 is 1. The number of rotatable bonds is 7. The Balaban J connectivity index is 1.95. The van der Waals surface area contributed by atoms with E-state index in [1.807, 2.05) is 38.1 Å². The van der Waals surface area contributed by atoms with Crippen molar-refractivity contribution >= 4 is 11.9 Å². The molecule has 22 heavy (non-hydrogen) atoms. The Labute approximate surface area is 130 Å². The van der Waals surface area contributed by atoms with Gasteiger partial charge in [0, 0.05) is 5.92 Å². The number of benzene rings is 1. The molecule has 0 aliphatic heterocycles. The molecule has 1 fully saturated rings. The molecule has 0 aromatic heterocycles. The lowest BCUT2D eigenvalue weighted by Crippen LogP contribution is -2.45. The van der Waals surface area contributed by atoms with Gasteiger partial charge < -0.3 is 15.2 Å². The summed E-state index contributed by atoms with van der Waals surface area (Å²) in [6, 6.07) is 6.86. The largest absolute Gasteiger partial charge is 0.497 e. The maximum atomic E-state index is 12.2. The quantitative estimate of drug-likeness (QED) is 0.811. The number of carboxylic acid groups (broad SMARTS) is 1. The van der Waals surface area contributed by atoms with Gasteiger partial charge in [-0.15, -0.1) is 0 Å². The highest BCUT2D eigenvalue weighted by molar-refractivity contribution is 5.87. The van der Waals surface area contributed by atoms with Gasteiger partial charge >= 0.3 is 5.97 Å². The van der Waals surface area contributed by atoms with E-state index in [4.69, 9.17) is 4.74 Å². The van der Waals surface area contributed by atoms with Crippen LogP contribution >= 0.6 is 0 Å². The van der Waals surface area contributed by atoms with Gasteiger partial charge in [0.15, 0.2) is 0 Å². The van der Waals surface area contributed by atoms with Crippen LogP contribution in [0.2, 0.25) is 0 Å². The van der Waals surface area contributed by atoms with Crippen molar-refractivity contribution in [2.75, 3.05) is 7.11 Å². The van der Waals surface area contributed by atoms with E-state index in [9.17, 15) is 14.7 Å². The monoisotopic (exact) mass is 305 g/mol. The second-order valence-corrected chi connectivity index (χ2v) is 5.93. The number of carboxylic acids is 1. The molecule has 0 radical (unpaired) electrons. The fourth-order valence-electron chi connectivity index (χ4n) is 2.65. The highest BCUT2D eigenvalue weighted by Gasteiger charge is 2.45. The maximum Gasteiger partial charge on any atom is 0.326 e. The lowest BCUT2D eigenvalue weighted by molar-refractivity contribution is -0.143. The molecular weight excluding hydrogens is 282 g/mol. The second-order valence-electron chi connectivity index (χ2n) is 5.93. The Kier molecular flexibility index (Phi) is 5.06. The van der Waals surface area contributed by atoms with Crippen molar-refractivity contribution in [2.45, 2.75) is 38.6 Å². The molecule has 0 spiro atoms. The first kappa shape index (κ1) is 16.3. The van der Waals surface area contributed by atoms with E-state index in [1.54, 1.807) is 7.11 Å². The van der Waals surface area contributed by atoms with Crippen LogP contribution in [0.25, 0.3) is 0 Å². The Bertz CT molecular complexity index is 540. The van der Waals surface area contributed by atoms with Crippen LogP contribution in [0.15, 0.2) is 24.3 Å². The van der Waals surface area contributed by atoms with Crippen LogP contribution in [0.5, 0.6) is 5.75 Å². The number of carbonyl (C=O) groups excluding carboxylic acids is 1. The van der Waals surface area contributed by atoms with E-state index in [-0.39, 0.29) is 23.7 Å². The van der Waals surface area contributed by atoms with Crippen molar-refractivity contribution in [1.29, 1.82) is 0 Å². The predicted octanol–water partition coefficient (Wildman–Crippen LogP) is 2.41. The first-order chi connectivity index (χ1) is 10.5. The molecule has 1 aliphatic carbocycles. The van der Waals surface area contributed by atoms with Gasteiger partial charge in [-0.3, -0.25) is 4.79 Å². The minimum atomic E-state index is -0.968. The lowest BCUT2D eigenvalue weighted by atomic mass is 9.99. The zero-order valence-electron chi connectivity index (χ0n) is 13.2. The summed E-state index contributed by atoms with van der Waals surface area (Å²) in [6.07, 6.45) is 1.48. The fourth-order valence-corrected chi connectivity index (χ4v) is 2.65. The number of amides is 1. The molecule has 2 N–H and O–H groups in total. The van der Waals surface area contributed by atoms with Crippen LogP contribution in [0.4, 0.5) is 0 Å². The Morgan fingerprint density at radius 1 is 1.36 bits per heavy atom. The van der Waals surface area contributed by atoms with Crippen molar-refractivity contribution in [1.82, 2.24) is 5.32 Å². The third-order valence-corrected chi connectivity index (χ3v) is 4.45. The van der Waals surface area contributed by atoms with Crippen LogP contribution < -0.4 is 10.1 Å². The average molecular weight is 305 g/mol. The third kappa shape index (κ3) is 3.59. The molecule has 1 aromatic carbocycles. The first-order valence-electron chi connectivity index (χ1n) is 7.65. The Hall–Kier alpha value is -2.04. The number of hydrogen-bond donors (Lipinski definition) is 2. The third-order valence-electron chi connectivity index (χ3n) is 4.45. The highest BCUT2D eigenvalue weighted by Crippen LogP contribution is 2.47. The summed E-state index contributed by atoms with van der Waals surface area (Å²) in [4.78, 5) is 23.5. The van der Waals surface area contributed by atoms with Gasteiger partial charge in [0.25, 0.3) is 0 Å². The summed E-state index contributed by atoms with van der Waals surface area (Å²) in [5, 5.41) is 11.9. The number of nitrogens with one attached hydrogen (secondary N) is 1. The second kappa shape index (κ2) is 6.81. The smallest absolute Gasteiger partial charge is 0.326 e. The van der Waals surface area contributed by atoms with Crippen molar-refractivity contribution in [2.24, 2.45) is 11.8 Å². The molecule has 1 aliphatic rings. The number of carbonyl (C=O) groups is 2. The molecule has 4 unspecified atom stereocenters. The minimum absolute atomic E-state index is 0.0837. The molecule has 1 amide bonds. The van der Waals surface area contributed by atoms with Gasteiger partial charge in [0.1, 0.15) is 11.8 Å². The number of ether oxygens (including phenoxy) is 1. The molecule has 0 saturated heterocycles. The highest BCUT2D eigenvalue weighted by atomic mass is 16.5. The molecule has 2 rings (SSSR count). The molecule has 5 nitrogen and oxygen atoms in total. The van der Waals surface area contributed by atoms with Crippen molar-refractivity contribution in [3.8, 4) is 5.75 Å². The molecule has 0 bridgehead atoms. The standard InChI is InChI=1S/C17H23NO4/c1-4-10(2)15(17(20)21)18-16(19)14-9-13(14)11-5-7-12(22-3)8-6-11/h5-8,10,13-15H,4,9H2,1-3H3,(H,18,19)(H,20,21). The van der Waals surface area contributed by atoms with E-state index in [0.717, 1.165) is 17.7 Å². The first-order valence-corrected chi connectivity index (χ1v) is 7.65. The topological polar surface area (TPSA) is 75.6 Å². The lowest BCUT2D eigenvalue weighted by Gasteiger charge is -2.20. The van der Waals surface area contributed by atoms with Gasteiger partial charge in [0.2, 0.25) is 5.91 Å². The zero-order chi connectivity index (χ0) is 16.3. The molecule has 1 aromatic rings. The molecule has 5 heteroatoms. The van der Waals surface area contributed by atoms with Gasteiger partial charge in [-0.25, -0.2) is 4.79 Å².